The summed E-state index contributed by atoms with van der Waals surface area (Å²) < 4.78 is 0. The number of hydrogen-bond acceptors (Lipinski definition) is 2. The van der Waals surface area contributed by atoms with Gasteiger partial charge >= 0.3 is 0 Å². The van der Waals surface area contributed by atoms with E-state index >= 15 is 0 Å². The summed E-state index contributed by atoms with van der Waals surface area (Å²) in [5.74, 6) is 0. The molecule has 0 aromatic heterocycles. The number of hydrogen-bond donors (Lipinski definition) is 1. The first-order valence-corrected chi connectivity index (χ1v) is 8.44. The van der Waals surface area contributed by atoms with Crippen molar-refractivity contribution in [1.82, 2.24) is 10.2 Å². The van der Waals surface area contributed by atoms with E-state index in [1.54, 1.807) is 0 Å². The van der Waals surface area contributed by atoms with Crippen LogP contribution in [0.25, 0.3) is 0 Å². The third-order valence-corrected chi connectivity index (χ3v) is 5.07. The number of nitrogens with one attached hydrogen (secondary N) is 1. The van der Waals surface area contributed by atoms with Gasteiger partial charge in [-0.15, -0.1) is 6.58 Å². The molecule has 2 nitrogen and oxygen atoms in total. The summed E-state index contributed by atoms with van der Waals surface area (Å²) in [6.07, 6.45) is 16.0. The molecule has 2 aliphatic rings. The molecule has 1 heterocycles. The zero-order valence-electron chi connectivity index (χ0n) is 12.6. The Hall–Kier alpha value is -0.340. The fourth-order valence-electron chi connectivity index (χ4n) is 3.96. The van der Waals surface area contributed by atoms with E-state index in [2.05, 4.69) is 22.9 Å². The van der Waals surface area contributed by atoms with Gasteiger partial charge in [-0.3, -0.25) is 4.90 Å². The first-order chi connectivity index (χ1) is 9.37. The van der Waals surface area contributed by atoms with Gasteiger partial charge in [-0.05, 0) is 45.2 Å². The Kier molecular flexibility index (Phi) is 6.39. The van der Waals surface area contributed by atoms with Gasteiger partial charge in [-0.1, -0.05) is 38.2 Å². The van der Waals surface area contributed by atoms with Gasteiger partial charge in [-0.2, -0.15) is 0 Å². The minimum absolute atomic E-state index is 0.432. The maximum absolute atomic E-state index is 4.05. The smallest absolute Gasteiger partial charge is 0.0244 e. The summed E-state index contributed by atoms with van der Waals surface area (Å²) in [6.45, 7) is 8.96. The van der Waals surface area contributed by atoms with E-state index in [0.29, 0.717) is 5.54 Å². The highest BCUT2D eigenvalue weighted by molar-refractivity contribution is 4.97. The van der Waals surface area contributed by atoms with Crippen molar-refractivity contribution in [3.8, 4) is 0 Å². The molecule has 2 heteroatoms. The van der Waals surface area contributed by atoms with Crippen molar-refractivity contribution in [3.05, 3.63) is 12.7 Å². The SMILES string of the molecule is C=CCC1(N2CCCCNCC2)CCCCCCC1. The Labute approximate surface area is 119 Å². The van der Waals surface area contributed by atoms with Gasteiger partial charge in [-0.25, -0.2) is 0 Å². The monoisotopic (exact) mass is 264 g/mol. The molecule has 0 bridgehead atoms. The molecule has 2 rings (SSSR count). The Morgan fingerprint density at radius 2 is 1.63 bits per heavy atom. The molecule has 0 aromatic carbocycles. The van der Waals surface area contributed by atoms with Gasteiger partial charge in [0.05, 0.1) is 0 Å². The fraction of sp³-hybridized carbons (Fsp3) is 0.882. The molecule has 2 fully saturated rings. The first kappa shape index (κ1) is 15.1. The van der Waals surface area contributed by atoms with Crippen molar-refractivity contribution in [2.45, 2.75) is 69.7 Å². The maximum Gasteiger partial charge on any atom is 0.0244 e. The Morgan fingerprint density at radius 1 is 0.895 bits per heavy atom. The molecule has 1 N–H and O–H groups in total. The van der Waals surface area contributed by atoms with Gasteiger partial charge < -0.3 is 5.32 Å². The van der Waals surface area contributed by atoms with Crippen LogP contribution in [0.5, 0.6) is 0 Å². The second-order valence-electron chi connectivity index (χ2n) is 6.43. The lowest BCUT2D eigenvalue weighted by atomic mass is 9.79. The van der Waals surface area contributed by atoms with Crippen LogP contribution >= 0.6 is 0 Å². The average Bonchev–Trinajstić information content (AvgIpc) is 2.33. The van der Waals surface area contributed by atoms with E-state index in [1.165, 1.54) is 90.4 Å². The minimum atomic E-state index is 0.432. The van der Waals surface area contributed by atoms with E-state index in [1.807, 2.05) is 0 Å². The van der Waals surface area contributed by atoms with Crippen LogP contribution in [0.3, 0.4) is 0 Å². The van der Waals surface area contributed by atoms with Gasteiger partial charge in [0.15, 0.2) is 0 Å². The van der Waals surface area contributed by atoms with Crippen LogP contribution in [0.1, 0.15) is 64.2 Å². The fourth-order valence-corrected chi connectivity index (χ4v) is 3.96. The Morgan fingerprint density at radius 3 is 2.37 bits per heavy atom. The second kappa shape index (κ2) is 8.06. The molecule has 0 amide bonds. The molecule has 0 radical (unpaired) electrons. The second-order valence-corrected chi connectivity index (χ2v) is 6.43. The lowest BCUT2D eigenvalue weighted by molar-refractivity contribution is 0.0571. The predicted molar refractivity (Wildman–Crippen MR) is 83.5 cm³/mol. The van der Waals surface area contributed by atoms with Crippen LogP contribution in [0.4, 0.5) is 0 Å². The van der Waals surface area contributed by atoms with E-state index in [9.17, 15) is 0 Å². The summed E-state index contributed by atoms with van der Waals surface area (Å²) in [5.41, 5.74) is 0.432. The van der Waals surface area contributed by atoms with Crippen molar-refractivity contribution in [2.75, 3.05) is 26.2 Å². The molecule has 0 atom stereocenters. The molecule has 0 spiro atoms. The third kappa shape index (κ3) is 4.32. The molecule has 1 aliphatic carbocycles. The van der Waals surface area contributed by atoms with Crippen LogP contribution in [0.15, 0.2) is 12.7 Å². The van der Waals surface area contributed by atoms with Crippen LogP contribution < -0.4 is 5.32 Å². The molecule has 1 saturated carbocycles. The standard InChI is InChI=1S/C17H32N2/c1-2-10-17(11-6-4-3-5-7-12-17)19-15-9-8-13-18-14-16-19/h2,18H,1,3-16H2. The summed E-state index contributed by atoms with van der Waals surface area (Å²) in [7, 11) is 0. The molecule has 110 valence electrons. The van der Waals surface area contributed by atoms with Crippen LogP contribution in [-0.4, -0.2) is 36.6 Å². The van der Waals surface area contributed by atoms with Crippen molar-refractivity contribution < 1.29 is 0 Å². The van der Waals surface area contributed by atoms with Crippen molar-refractivity contribution >= 4 is 0 Å². The highest BCUT2D eigenvalue weighted by Gasteiger charge is 2.34. The number of rotatable bonds is 3. The van der Waals surface area contributed by atoms with Crippen LogP contribution in [0, 0.1) is 0 Å². The van der Waals surface area contributed by atoms with Gasteiger partial charge in [0.25, 0.3) is 0 Å². The maximum atomic E-state index is 4.05. The summed E-state index contributed by atoms with van der Waals surface area (Å²) in [6, 6.07) is 0. The topological polar surface area (TPSA) is 15.3 Å². The largest absolute Gasteiger partial charge is 0.315 e. The average molecular weight is 264 g/mol. The quantitative estimate of drug-likeness (QED) is 0.781. The molecule has 1 saturated heterocycles. The van der Waals surface area contributed by atoms with Crippen LogP contribution in [0.2, 0.25) is 0 Å². The van der Waals surface area contributed by atoms with E-state index < -0.39 is 0 Å². The molecule has 0 aromatic rings. The van der Waals surface area contributed by atoms with Crippen molar-refractivity contribution in [2.24, 2.45) is 0 Å². The molecule has 0 unspecified atom stereocenters. The first-order valence-electron chi connectivity index (χ1n) is 8.44. The predicted octanol–water partition coefficient (Wildman–Crippen LogP) is 3.73. The van der Waals surface area contributed by atoms with Gasteiger partial charge in [0.2, 0.25) is 0 Å². The normalized spacial score (nSPS) is 26.7. The summed E-state index contributed by atoms with van der Waals surface area (Å²) in [5, 5.41) is 3.58. The molecule has 1 aliphatic heterocycles. The van der Waals surface area contributed by atoms with Crippen LogP contribution in [-0.2, 0) is 0 Å². The van der Waals surface area contributed by atoms with Gasteiger partial charge in [0, 0.05) is 18.6 Å². The van der Waals surface area contributed by atoms with Crippen molar-refractivity contribution in [3.63, 3.8) is 0 Å². The van der Waals surface area contributed by atoms with Gasteiger partial charge in [0.1, 0.15) is 0 Å². The van der Waals surface area contributed by atoms with E-state index in [0.717, 1.165) is 0 Å². The molecule has 19 heavy (non-hydrogen) atoms. The van der Waals surface area contributed by atoms with E-state index in [-0.39, 0.29) is 0 Å². The highest BCUT2D eigenvalue weighted by atomic mass is 15.2. The summed E-state index contributed by atoms with van der Waals surface area (Å²) >= 11 is 0. The zero-order valence-corrected chi connectivity index (χ0v) is 12.6. The Balaban J connectivity index is 2.06. The van der Waals surface area contributed by atoms with Crippen molar-refractivity contribution in [1.29, 1.82) is 0 Å². The molecular formula is C17H32N2. The third-order valence-electron chi connectivity index (χ3n) is 5.07. The Bertz CT molecular complexity index is 246. The van der Waals surface area contributed by atoms with E-state index in [4.69, 9.17) is 0 Å². The lowest BCUT2D eigenvalue weighted by Gasteiger charge is -2.46. The highest BCUT2D eigenvalue weighted by Crippen LogP contribution is 2.35. The lowest BCUT2D eigenvalue weighted by Crippen LogP contribution is -2.52. The molecular weight excluding hydrogens is 232 g/mol. The number of nitrogens with zero attached hydrogens (tertiary/aromatic N) is 1. The zero-order chi connectivity index (χ0) is 13.4. The minimum Gasteiger partial charge on any atom is -0.315 e. The summed E-state index contributed by atoms with van der Waals surface area (Å²) in [4.78, 5) is 2.81.